The van der Waals surface area contributed by atoms with E-state index in [4.69, 9.17) is 0 Å². The van der Waals surface area contributed by atoms with Crippen LogP contribution in [0.25, 0.3) is 44.2 Å². The minimum atomic E-state index is -0.981. The largest absolute Gasteiger partial charge is 0.289 e. The number of nitriles is 4. The Morgan fingerprint density at radius 1 is 0.589 bits per heavy atom. The maximum absolute atomic E-state index is 17.4. The van der Waals surface area contributed by atoms with Gasteiger partial charge in [-0.2, -0.15) is 21.0 Å². The van der Waals surface area contributed by atoms with Gasteiger partial charge in [0.05, 0.1) is 0 Å². The van der Waals surface area contributed by atoms with Gasteiger partial charge in [0.2, 0.25) is 0 Å². The van der Waals surface area contributed by atoms with Gasteiger partial charge in [0.15, 0.2) is 11.6 Å². The van der Waals surface area contributed by atoms with E-state index in [0.29, 0.717) is 52.9 Å². The standard InChI is InChI=1S/C46H24F2N4O2S2/c1-45(2)31-15-23(13-29-33(21(17-49)18-50)25-9-5-7-11-27(25)41(29)53)55-43(31)35-37(45)39(47)36-38(40(35)48)46(3,4)32-16-24(56-44(32)36)14-30-34(22(19-51)20-52)26-10-6-8-12-28(26)42(30)54/h5-16H,1-4H3. The number of ketones is 2. The molecule has 0 aliphatic heterocycles. The summed E-state index contributed by atoms with van der Waals surface area (Å²) >= 11 is 2.46. The second-order valence-electron chi connectivity index (χ2n) is 15.0. The predicted molar refractivity (Wildman–Crippen MR) is 211 cm³/mol. The number of benzene rings is 3. The summed E-state index contributed by atoms with van der Waals surface area (Å²) in [5.74, 6) is -1.71. The molecule has 3 aromatic carbocycles. The van der Waals surface area contributed by atoms with E-state index in [9.17, 15) is 30.6 Å². The van der Waals surface area contributed by atoms with Gasteiger partial charge in [-0.1, -0.05) is 76.2 Å². The average Bonchev–Trinajstić information content (AvgIpc) is 4.00. The van der Waals surface area contributed by atoms with E-state index < -0.39 is 22.5 Å². The van der Waals surface area contributed by atoms with E-state index in [1.54, 1.807) is 60.7 Å². The second kappa shape index (κ2) is 11.8. The molecule has 9 rings (SSSR count). The Morgan fingerprint density at radius 3 is 1.27 bits per heavy atom. The molecule has 0 bridgehead atoms. The lowest BCUT2D eigenvalue weighted by atomic mass is 9.78. The summed E-state index contributed by atoms with van der Waals surface area (Å²) in [6.07, 6.45) is 3.27. The van der Waals surface area contributed by atoms with Gasteiger partial charge in [-0.05, 0) is 46.5 Å². The summed E-state index contributed by atoms with van der Waals surface area (Å²) in [4.78, 5) is 29.5. The first-order valence-electron chi connectivity index (χ1n) is 17.5. The minimum absolute atomic E-state index is 0.178. The third-order valence-corrected chi connectivity index (χ3v) is 13.6. The molecular weight excluding hydrogens is 743 g/mol. The zero-order valence-electron chi connectivity index (χ0n) is 30.1. The van der Waals surface area contributed by atoms with Crippen molar-refractivity contribution in [2.24, 2.45) is 0 Å². The topological polar surface area (TPSA) is 129 Å². The zero-order valence-corrected chi connectivity index (χ0v) is 31.7. The molecule has 0 radical (unpaired) electrons. The van der Waals surface area contributed by atoms with E-state index >= 15 is 8.78 Å². The molecule has 0 amide bonds. The molecule has 0 fully saturated rings. The Bertz CT molecular complexity index is 2840. The molecule has 0 saturated heterocycles. The summed E-state index contributed by atoms with van der Waals surface area (Å²) < 4.78 is 34.7. The first-order chi connectivity index (χ1) is 26.8. The average molecular weight is 767 g/mol. The zero-order chi connectivity index (χ0) is 39.6. The molecule has 266 valence electrons. The smallest absolute Gasteiger partial charge is 0.194 e. The minimum Gasteiger partial charge on any atom is -0.289 e. The number of hydrogen-bond acceptors (Lipinski definition) is 8. The molecule has 10 heteroatoms. The highest BCUT2D eigenvalue weighted by atomic mass is 32.1. The molecule has 0 atom stereocenters. The fourth-order valence-corrected chi connectivity index (χ4v) is 11.4. The van der Waals surface area contributed by atoms with Crippen LogP contribution in [0.4, 0.5) is 8.78 Å². The van der Waals surface area contributed by atoms with Crippen molar-refractivity contribution in [2.75, 3.05) is 0 Å². The van der Waals surface area contributed by atoms with E-state index in [1.165, 1.54) is 22.7 Å². The van der Waals surface area contributed by atoms with Crippen LogP contribution in [0.3, 0.4) is 0 Å². The molecule has 4 aliphatic carbocycles. The third-order valence-electron chi connectivity index (χ3n) is 11.4. The number of halogens is 2. The monoisotopic (exact) mass is 766 g/mol. The molecule has 6 nitrogen and oxygen atoms in total. The van der Waals surface area contributed by atoms with Gasteiger partial charge in [-0.25, -0.2) is 8.78 Å². The highest BCUT2D eigenvalue weighted by Crippen LogP contribution is 2.62. The number of Topliss-reactive ketones (excluding diaryl/α,β-unsaturated/α-hetero) is 2. The first kappa shape index (κ1) is 34.9. The summed E-state index contributed by atoms with van der Waals surface area (Å²) in [5, 5.41) is 39.1. The number of carbonyl (C=O) groups excluding carboxylic acids is 2. The van der Waals surface area contributed by atoms with Gasteiger partial charge < -0.3 is 0 Å². The number of carbonyl (C=O) groups is 2. The Balaban J connectivity index is 1.19. The summed E-state index contributed by atoms with van der Waals surface area (Å²) in [7, 11) is 0. The Hall–Kier alpha value is -6.82. The van der Waals surface area contributed by atoms with E-state index in [-0.39, 0.29) is 67.3 Å². The van der Waals surface area contributed by atoms with Crippen LogP contribution in [0.2, 0.25) is 0 Å². The molecule has 5 aromatic rings. The van der Waals surface area contributed by atoms with Gasteiger partial charge in [-0.3, -0.25) is 9.59 Å². The maximum atomic E-state index is 17.4. The Morgan fingerprint density at radius 2 is 0.929 bits per heavy atom. The van der Waals surface area contributed by atoms with Crippen LogP contribution in [0.5, 0.6) is 0 Å². The highest BCUT2D eigenvalue weighted by molar-refractivity contribution is 7.17. The molecule has 0 unspecified atom stereocenters. The summed E-state index contributed by atoms with van der Waals surface area (Å²) in [5.41, 5.74) is 2.54. The maximum Gasteiger partial charge on any atom is 0.194 e. The van der Waals surface area contributed by atoms with Crippen LogP contribution in [-0.4, -0.2) is 11.6 Å². The lowest BCUT2D eigenvalue weighted by Crippen LogP contribution is -2.21. The molecule has 0 saturated carbocycles. The number of thiophene rings is 2. The lowest BCUT2D eigenvalue weighted by molar-refractivity contribution is 0.103. The van der Waals surface area contributed by atoms with E-state index in [0.717, 1.165) is 0 Å². The number of allylic oxidation sites excluding steroid dienone is 6. The van der Waals surface area contributed by atoms with Crippen molar-refractivity contribution in [2.45, 2.75) is 38.5 Å². The van der Waals surface area contributed by atoms with Gasteiger partial charge in [0.1, 0.15) is 47.1 Å². The van der Waals surface area contributed by atoms with Crippen LogP contribution in [0, 0.1) is 57.0 Å². The molecule has 0 spiro atoms. The first-order valence-corrected chi connectivity index (χ1v) is 19.1. The van der Waals surface area contributed by atoms with Crippen molar-refractivity contribution in [3.63, 3.8) is 0 Å². The molecular formula is C46H24F2N4O2S2. The Kier molecular flexibility index (Phi) is 7.38. The summed E-state index contributed by atoms with van der Waals surface area (Å²) in [6.45, 7) is 7.36. The molecule has 0 N–H and O–H groups in total. The van der Waals surface area contributed by atoms with Crippen LogP contribution < -0.4 is 0 Å². The number of rotatable bonds is 2. The normalized spacial score (nSPS) is 17.4. The van der Waals surface area contributed by atoms with Gasteiger partial charge >= 0.3 is 0 Å². The van der Waals surface area contributed by atoms with E-state index in [2.05, 4.69) is 0 Å². The predicted octanol–water partition coefficient (Wildman–Crippen LogP) is 10.9. The fourth-order valence-electron chi connectivity index (χ4n) is 8.80. The van der Waals surface area contributed by atoms with Gasteiger partial charge in [-0.15, -0.1) is 22.7 Å². The van der Waals surface area contributed by atoms with Gasteiger partial charge in [0, 0.05) is 86.0 Å². The fraction of sp³-hybridized carbons (Fsp3) is 0.130. The lowest BCUT2D eigenvalue weighted by Gasteiger charge is -2.26. The Labute approximate surface area is 328 Å². The molecule has 4 aliphatic rings. The van der Waals surface area contributed by atoms with Crippen LogP contribution in [0.15, 0.2) is 83.0 Å². The van der Waals surface area contributed by atoms with Crippen molar-refractivity contribution in [3.05, 3.63) is 149 Å². The highest BCUT2D eigenvalue weighted by Gasteiger charge is 2.50. The van der Waals surface area contributed by atoms with E-state index in [1.807, 2.05) is 64.1 Å². The van der Waals surface area contributed by atoms with Crippen molar-refractivity contribution >= 4 is 57.5 Å². The van der Waals surface area contributed by atoms with Gasteiger partial charge in [0.25, 0.3) is 0 Å². The summed E-state index contributed by atoms with van der Waals surface area (Å²) in [6, 6.07) is 24.9. The third kappa shape index (κ3) is 4.40. The second-order valence-corrected chi connectivity index (χ2v) is 17.1. The van der Waals surface area contributed by atoms with Crippen LogP contribution in [0.1, 0.15) is 91.5 Å². The molecule has 56 heavy (non-hydrogen) atoms. The van der Waals surface area contributed by atoms with Crippen molar-refractivity contribution in [3.8, 4) is 45.2 Å². The molecule has 2 aromatic heterocycles. The number of nitrogens with zero attached hydrogens (tertiary/aromatic N) is 4. The van der Waals surface area contributed by atoms with Crippen molar-refractivity contribution < 1.29 is 18.4 Å². The molecule has 2 heterocycles. The van der Waals surface area contributed by atoms with Crippen molar-refractivity contribution in [1.82, 2.24) is 0 Å². The van der Waals surface area contributed by atoms with Crippen molar-refractivity contribution in [1.29, 1.82) is 21.0 Å². The number of hydrogen-bond donors (Lipinski definition) is 0. The SMILES string of the molecule is CC1(C)c2cc(C=C3C(=O)c4ccccc4C3=C(C#N)C#N)sc2-c2c(F)c3c(c(F)c21)-c1sc(C=C2C(=O)c4ccccc4C2=C(C#N)C#N)cc1C3(C)C. The quantitative estimate of drug-likeness (QED) is 0.130. The van der Waals surface area contributed by atoms with Crippen LogP contribution in [-0.2, 0) is 10.8 Å². The number of fused-ring (bicyclic) bond motifs is 8. The van der Waals surface area contributed by atoms with Crippen LogP contribution >= 0.6 is 22.7 Å².